The van der Waals surface area contributed by atoms with Crippen molar-refractivity contribution in [2.24, 2.45) is 0 Å². The molecule has 2 aromatic carbocycles. The number of aliphatic hydroxyl groups excluding tert-OH is 1. The highest BCUT2D eigenvalue weighted by Crippen LogP contribution is 2.24. The molecule has 1 atom stereocenters. The number of rotatable bonds is 5. The van der Waals surface area contributed by atoms with E-state index in [1.54, 1.807) is 30.8 Å². The highest BCUT2D eigenvalue weighted by Gasteiger charge is 2.03. The first-order valence-electron chi connectivity index (χ1n) is 6.29. The molecule has 2 aromatic rings. The molecule has 0 bridgehead atoms. The van der Waals surface area contributed by atoms with Crippen LogP contribution in [0.15, 0.2) is 53.4 Å². The second-order valence-corrected chi connectivity index (χ2v) is 5.58. The first-order chi connectivity index (χ1) is 9.56. The lowest BCUT2D eigenvalue weighted by atomic mass is 10.1. The molecule has 0 aromatic heterocycles. The first kappa shape index (κ1) is 14.6. The van der Waals surface area contributed by atoms with Crippen molar-refractivity contribution in [3.05, 3.63) is 65.2 Å². The number of carboxylic acid groups (broad SMARTS) is 1. The van der Waals surface area contributed by atoms with Crippen LogP contribution in [0.4, 0.5) is 0 Å². The molecule has 4 heteroatoms. The van der Waals surface area contributed by atoms with Gasteiger partial charge in [0.25, 0.3) is 0 Å². The van der Waals surface area contributed by atoms with E-state index < -0.39 is 12.1 Å². The maximum Gasteiger partial charge on any atom is 0.335 e. The maximum absolute atomic E-state index is 10.8. The third kappa shape index (κ3) is 3.85. The Morgan fingerprint density at radius 1 is 1.10 bits per heavy atom. The zero-order valence-electron chi connectivity index (χ0n) is 11.1. The Hall–Kier alpha value is -1.78. The minimum atomic E-state index is -0.905. The third-order valence-electron chi connectivity index (χ3n) is 2.97. The monoisotopic (exact) mass is 288 g/mol. The zero-order chi connectivity index (χ0) is 14.5. The molecule has 104 valence electrons. The van der Waals surface area contributed by atoms with Crippen LogP contribution < -0.4 is 0 Å². The number of hydrogen-bond donors (Lipinski definition) is 2. The van der Waals surface area contributed by atoms with Gasteiger partial charge in [0.2, 0.25) is 0 Å². The second kappa shape index (κ2) is 6.59. The topological polar surface area (TPSA) is 57.5 Å². The summed E-state index contributed by atoms with van der Waals surface area (Å²) >= 11 is 1.68. The van der Waals surface area contributed by atoms with Crippen molar-refractivity contribution in [2.45, 2.75) is 23.7 Å². The molecule has 0 radical (unpaired) electrons. The third-order valence-corrected chi connectivity index (χ3v) is 4.05. The molecule has 0 saturated heterocycles. The van der Waals surface area contributed by atoms with Gasteiger partial charge in [-0.05, 0) is 42.3 Å². The van der Waals surface area contributed by atoms with Crippen molar-refractivity contribution in [1.82, 2.24) is 0 Å². The molecule has 2 rings (SSSR count). The van der Waals surface area contributed by atoms with Gasteiger partial charge in [-0.25, -0.2) is 4.79 Å². The van der Waals surface area contributed by atoms with Crippen LogP contribution in [0.5, 0.6) is 0 Å². The van der Waals surface area contributed by atoms with Gasteiger partial charge in [-0.1, -0.05) is 24.3 Å². The Balaban J connectivity index is 1.96. The van der Waals surface area contributed by atoms with Gasteiger partial charge >= 0.3 is 5.97 Å². The van der Waals surface area contributed by atoms with Crippen molar-refractivity contribution in [1.29, 1.82) is 0 Å². The number of hydrogen-bond acceptors (Lipinski definition) is 3. The molecular weight excluding hydrogens is 272 g/mol. The van der Waals surface area contributed by atoms with Gasteiger partial charge < -0.3 is 10.2 Å². The Morgan fingerprint density at radius 2 is 1.70 bits per heavy atom. The highest BCUT2D eigenvalue weighted by molar-refractivity contribution is 7.98. The average molecular weight is 288 g/mol. The number of thioether (sulfide) groups is 1. The fourth-order valence-corrected chi connectivity index (χ4v) is 2.61. The van der Waals surface area contributed by atoms with Crippen molar-refractivity contribution >= 4 is 17.7 Å². The summed E-state index contributed by atoms with van der Waals surface area (Å²) < 4.78 is 0. The fraction of sp³-hybridized carbons (Fsp3) is 0.188. The summed E-state index contributed by atoms with van der Waals surface area (Å²) in [5.41, 5.74) is 2.29. The standard InChI is InChI=1S/C16H16O3S/c1-11(17)13-6-8-15(9-7-13)20-10-12-2-4-14(5-3-12)16(18)19/h2-9,11,17H,10H2,1H3,(H,18,19). The summed E-state index contributed by atoms with van der Waals surface area (Å²) in [4.78, 5) is 11.9. The summed E-state index contributed by atoms with van der Waals surface area (Å²) in [5, 5.41) is 18.3. The molecule has 0 fully saturated rings. The van der Waals surface area contributed by atoms with Crippen molar-refractivity contribution in [3.8, 4) is 0 Å². The van der Waals surface area contributed by atoms with Crippen molar-refractivity contribution in [3.63, 3.8) is 0 Å². The molecule has 0 aliphatic carbocycles. The van der Waals surface area contributed by atoms with Crippen LogP contribution in [-0.4, -0.2) is 16.2 Å². The van der Waals surface area contributed by atoms with Gasteiger partial charge in [0.1, 0.15) is 0 Å². The van der Waals surface area contributed by atoms with Crippen LogP contribution in [0.1, 0.15) is 34.5 Å². The summed E-state index contributed by atoms with van der Waals surface area (Å²) in [6, 6.07) is 14.7. The summed E-state index contributed by atoms with van der Waals surface area (Å²) in [6.07, 6.45) is -0.447. The quantitative estimate of drug-likeness (QED) is 0.823. The highest BCUT2D eigenvalue weighted by atomic mass is 32.2. The number of aromatic carboxylic acids is 1. The first-order valence-corrected chi connectivity index (χ1v) is 7.28. The van der Waals surface area contributed by atoms with Crippen molar-refractivity contribution in [2.75, 3.05) is 0 Å². The van der Waals surface area contributed by atoms with Crippen LogP contribution >= 0.6 is 11.8 Å². The Kier molecular flexibility index (Phi) is 4.82. The molecule has 2 N–H and O–H groups in total. The van der Waals surface area contributed by atoms with E-state index in [1.807, 2.05) is 36.4 Å². The normalized spacial score (nSPS) is 12.1. The molecule has 0 amide bonds. The molecule has 0 spiro atoms. The average Bonchev–Trinajstić information content (AvgIpc) is 2.46. The number of aliphatic hydroxyl groups is 1. The lowest BCUT2D eigenvalue weighted by molar-refractivity contribution is 0.0697. The molecule has 0 aliphatic rings. The fourth-order valence-electron chi connectivity index (χ4n) is 1.75. The van der Waals surface area contributed by atoms with E-state index in [0.29, 0.717) is 5.56 Å². The molecule has 0 heterocycles. The van der Waals surface area contributed by atoms with Crippen molar-refractivity contribution < 1.29 is 15.0 Å². The number of carboxylic acids is 1. The lowest BCUT2D eigenvalue weighted by Gasteiger charge is -2.06. The lowest BCUT2D eigenvalue weighted by Crippen LogP contribution is -1.95. The molecule has 20 heavy (non-hydrogen) atoms. The van der Waals surface area contributed by atoms with E-state index in [1.165, 1.54) is 0 Å². The van der Waals surface area contributed by atoms with Gasteiger partial charge in [-0.3, -0.25) is 0 Å². The van der Waals surface area contributed by atoms with Gasteiger partial charge in [0.05, 0.1) is 11.7 Å². The van der Waals surface area contributed by atoms with E-state index in [9.17, 15) is 9.90 Å². The largest absolute Gasteiger partial charge is 0.478 e. The SMILES string of the molecule is CC(O)c1ccc(SCc2ccc(C(=O)O)cc2)cc1. The minimum Gasteiger partial charge on any atom is -0.478 e. The van der Waals surface area contributed by atoms with E-state index in [0.717, 1.165) is 21.8 Å². The number of carbonyl (C=O) groups is 1. The van der Waals surface area contributed by atoms with Crippen LogP contribution in [0.25, 0.3) is 0 Å². The number of benzene rings is 2. The summed E-state index contributed by atoms with van der Waals surface area (Å²) in [7, 11) is 0. The summed E-state index contributed by atoms with van der Waals surface area (Å²) in [6.45, 7) is 1.74. The summed E-state index contributed by atoms with van der Waals surface area (Å²) in [5.74, 6) is -0.119. The predicted octanol–water partition coefficient (Wildman–Crippen LogP) is 3.73. The van der Waals surface area contributed by atoms with Gasteiger partial charge in [0, 0.05) is 10.6 Å². The second-order valence-electron chi connectivity index (χ2n) is 4.54. The van der Waals surface area contributed by atoms with Gasteiger partial charge in [-0.2, -0.15) is 0 Å². The van der Waals surface area contributed by atoms with E-state index in [2.05, 4.69) is 0 Å². The van der Waals surface area contributed by atoms with Crippen LogP contribution in [0.2, 0.25) is 0 Å². The molecule has 0 saturated carbocycles. The molecule has 0 aliphatic heterocycles. The molecular formula is C16H16O3S. The Labute approximate surface area is 122 Å². The smallest absolute Gasteiger partial charge is 0.335 e. The predicted molar refractivity (Wildman–Crippen MR) is 80.0 cm³/mol. The van der Waals surface area contributed by atoms with Gasteiger partial charge in [0.15, 0.2) is 0 Å². The van der Waals surface area contributed by atoms with E-state index in [-0.39, 0.29) is 0 Å². The van der Waals surface area contributed by atoms with E-state index in [4.69, 9.17) is 5.11 Å². The zero-order valence-corrected chi connectivity index (χ0v) is 11.9. The Morgan fingerprint density at radius 3 is 2.20 bits per heavy atom. The van der Waals surface area contributed by atoms with Crippen LogP contribution in [-0.2, 0) is 5.75 Å². The van der Waals surface area contributed by atoms with Crippen LogP contribution in [0.3, 0.4) is 0 Å². The molecule has 3 nitrogen and oxygen atoms in total. The van der Waals surface area contributed by atoms with Crippen LogP contribution in [0, 0.1) is 0 Å². The van der Waals surface area contributed by atoms with E-state index >= 15 is 0 Å². The maximum atomic E-state index is 10.8. The van der Waals surface area contributed by atoms with Gasteiger partial charge in [-0.15, -0.1) is 11.8 Å². The Bertz CT molecular complexity index is 574. The minimum absolute atomic E-state index is 0.306. The molecule has 1 unspecified atom stereocenters.